The molecule has 5 nitrogen and oxygen atoms in total. The molecule has 30 heavy (non-hydrogen) atoms. The van der Waals surface area contributed by atoms with Crippen LogP contribution in [0.2, 0.25) is 0 Å². The van der Waals surface area contributed by atoms with E-state index in [1.54, 1.807) is 0 Å². The highest BCUT2D eigenvalue weighted by Gasteiger charge is 2.10. The van der Waals surface area contributed by atoms with Crippen LogP contribution in [0, 0.1) is 0 Å². The number of carbonyl (C=O) groups excluding carboxylic acids is 1. The molecule has 0 aromatic heterocycles. The highest BCUT2D eigenvalue weighted by Crippen LogP contribution is 2.13. The molecule has 0 unspecified atom stereocenters. The van der Waals surface area contributed by atoms with Gasteiger partial charge in [0, 0.05) is 13.0 Å². The number of allylic oxidation sites excluding steroid dienone is 2. The Labute approximate surface area is 185 Å². The maximum absolute atomic E-state index is 11.8. The molecule has 0 aliphatic heterocycles. The summed E-state index contributed by atoms with van der Waals surface area (Å²) in [6, 6.07) is -0.788. The number of nitrogens with one attached hydrogen (secondary N) is 1. The maximum atomic E-state index is 11.8. The second-order valence-electron chi connectivity index (χ2n) is 8.45. The molecular weight excluding hydrogens is 376 g/mol. The Morgan fingerprint density at radius 2 is 1.33 bits per heavy atom. The van der Waals surface area contributed by atoms with Crippen LogP contribution in [-0.4, -0.2) is 29.6 Å². The van der Waals surface area contributed by atoms with Gasteiger partial charge in [0.1, 0.15) is 6.04 Å². The monoisotopic (exact) mass is 424 g/mol. The van der Waals surface area contributed by atoms with Gasteiger partial charge in [0.05, 0.1) is 0 Å². The number of unbranched alkanes of at least 4 members (excludes halogenated alkanes) is 13. The normalized spacial score (nSPS) is 12.3. The minimum Gasteiger partial charge on any atom is -0.480 e. The molecule has 0 rings (SSSR count). The lowest BCUT2D eigenvalue weighted by Crippen LogP contribution is -2.30. The lowest BCUT2D eigenvalue weighted by Gasteiger charge is -2.07. The molecular formula is C25H48N2O3. The van der Waals surface area contributed by atoms with Crippen LogP contribution in [-0.2, 0) is 9.59 Å². The molecule has 0 aromatic rings. The van der Waals surface area contributed by atoms with Gasteiger partial charge in [-0.15, -0.1) is 0 Å². The zero-order valence-corrected chi connectivity index (χ0v) is 19.5. The van der Waals surface area contributed by atoms with Crippen LogP contribution in [0.3, 0.4) is 0 Å². The first-order valence-corrected chi connectivity index (χ1v) is 12.5. The Balaban J connectivity index is 3.22. The van der Waals surface area contributed by atoms with E-state index < -0.39 is 12.0 Å². The summed E-state index contributed by atoms with van der Waals surface area (Å²) in [4.78, 5) is 22.4. The van der Waals surface area contributed by atoms with Gasteiger partial charge >= 0.3 is 5.97 Å². The highest BCUT2D eigenvalue weighted by molar-refractivity contribution is 5.75. The van der Waals surface area contributed by atoms with Crippen molar-refractivity contribution in [3.05, 3.63) is 12.2 Å². The van der Waals surface area contributed by atoms with Gasteiger partial charge < -0.3 is 16.2 Å². The van der Waals surface area contributed by atoms with Gasteiger partial charge in [-0.3, -0.25) is 9.59 Å². The smallest absolute Gasteiger partial charge is 0.320 e. The maximum Gasteiger partial charge on any atom is 0.320 e. The fraction of sp³-hybridized carbons (Fsp3) is 0.840. The first-order valence-electron chi connectivity index (χ1n) is 12.5. The van der Waals surface area contributed by atoms with Crippen LogP contribution in [0.15, 0.2) is 12.2 Å². The average molecular weight is 425 g/mol. The SMILES string of the molecule is CC/C=C/CCCCCCCCCCCCCCC(=O)NCCCC[C@H](N)C(=O)O. The van der Waals surface area contributed by atoms with E-state index in [1.165, 1.54) is 70.6 Å². The number of hydrogen-bond acceptors (Lipinski definition) is 3. The highest BCUT2D eigenvalue weighted by atomic mass is 16.4. The molecule has 0 fully saturated rings. The van der Waals surface area contributed by atoms with Crippen LogP contribution in [0.1, 0.15) is 122 Å². The first kappa shape index (κ1) is 28.6. The van der Waals surface area contributed by atoms with Crippen molar-refractivity contribution in [2.24, 2.45) is 5.73 Å². The molecule has 5 heteroatoms. The van der Waals surface area contributed by atoms with Crippen molar-refractivity contribution in [1.29, 1.82) is 0 Å². The van der Waals surface area contributed by atoms with E-state index in [9.17, 15) is 9.59 Å². The van der Waals surface area contributed by atoms with Crippen LogP contribution in [0.25, 0.3) is 0 Å². The van der Waals surface area contributed by atoms with Crippen LogP contribution >= 0.6 is 0 Å². The topological polar surface area (TPSA) is 92.4 Å². The summed E-state index contributed by atoms with van der Waals surface area (Å²) in [6.45, 7) is 2.80. The minimum absolute atomic E-state index is 0.110. The molecule has 0 aliphatic carbocycles. The Kier molecular flexibility index (Phi) is 21.3. The average Bonchev–Trinajstić information content (AvgIpc) is 2.72. The van der Waals surface area contributed by atoms with Gasteiger partial charge in [0.2, 0.25) is 5.91 Å². The van der Waals surface area contributed by atoms with E-state index in [-0.39, 0.29) is 5.91 Å². The molecule has 0 saturated heterocycles. The zero-order valence-electron chi connectivity index (χ0n) is 19.5. The van der Waals surface area contributed by atoms with Crippen molar-refractivity contribution in [3.8, 4) is 0 Å². The number of amides is 1. The van der Waals surface area contributed by atoms with Crippen LogP contribution in [0.5, 0.6) is 0 Å². The molecule has 0 spiro atoms. The molecule has 176 valence electrons. The standard InChI is InChI=1S/C25H48N2O3/c1-2-3-4-5-6-7-8-9-10-11-12-13-14-15-16-17-21-24(28)27-22-19-18-20-23(26)25(29)30/h3-4,23H,2,5-22,26H2,1H3,(H,27,28)(H,29,30)/b4-3+/t23-/m0/s1. The van der Waals surface area contributed by atoms with Gasteiger partial charge in [-0.1, -0.05) is 83.3 Å². The van der Waals surface area contributed by atoms with Crippen molar-refractivity contribution in [1.82, 2.24) is 5.32 Å². The number of hydrogen-bond donors (Lipinski definition) is 3. The number of rotatable bonds is 22. The molecule has 0 saturated carbocycles. The molecule has 1 amide bonds. The predicted octanol–water partition coefficient (Wildman–Crippen LogP) is 6.11. The van der Waals surface area contributed by atoms with Gasteiger partial charge in [-0.05, 0) is 44.9 Å². The summed E-state index contributed by atoms with van der Waals surface area (Å²) in [7, 11) is 0. The third-order valence-electron chi connectivity index (χ3n) is 5.51. The van der Waals surface area contributed by atoms with Gasteiger partial charge in [-0.2, -0.15) is 0 Å². The Bertz CT molecular complexity index is 438. The van der Waals surface area contributed by atoms with Crippen LogP contribution < -0.4 is 11.1 Å². The van der Waals surface area contributed by atoms with Crippen molar-refractivity contribution < 1.29 is 14.7 Å². The first-order chi connectivity index (χ1) is 14.6. The largest absolute Gasteiger partial charge is 0.480 e. The summed E-state index contributed by atoms with van der Waals surface area (Å²) < 4.78 is 0. The van der Waals surface area contributed by atoms with Crippen molar-refractivity contribution in [3.63, 3.8) is 0 Å². The minimum atomic E-state index is -0.958. The summed E-state index contributed by atoms with van der Waals surface area (Å²) in [5, 5.41) is 11.6. The van der Waals surface area contributed by atoms with E-state index in [0.29, 0.717) is 19.4 Å². The molecule has 0 heterocycles. The third kappa shape index (κ3) is 21.4. The van der Waals surface area contributed by atoms with Crippen molar-refractivity contribution >= 4 is 11.9 Å². The molecule has 0 aliphatic rings. The Hall–Kier alpha value is -1.36. The molecule has 4 N–H and O–H groups in total. The number of carboxylic acids is 1. The number of carboxylic acid groups (broad SMARTS) is 1. The molecule has 1 atom stereocenters. The Morgan fingerprint density at radius 1 is 0.800 bits per heavy atom. The Morgan fingerprint density at radius 3 is 1.87 bits per heavy atom. The van der Waals surface area contributed by atoms with Crippen molar-refractivity contribution in [2.75, 3.05) is 6.54 Å². The quantitative estimate of drug-likeness (QED) is 0.144. The molecule has 0 radical (unpaired) electrons. The van der Waals surface area contributed by atoms with Crippen molar-refractivity contribution in [2.45, 2.75) is 129 Å². The number of nitrogens with two attached hydrogens (primary N) is 1. The number of aliphatic carboxylic acids is 1. The predicted molar refractivity (Wildman–Crippen MR) is 127 cm³/mol. The second kappa shape index (κ2) is 22.3. The van der Waals surface area contributed by atoms with Gasteiger partial charge in [0.25, 0.3) is 0 Å². The van der Waals surface area contributed by atoms with E-state index in [2.05, 4.69) is 24.4 Å². The zero-order chi connectivity index (χ0) is 22.3. The van der Waals surface area contributed by atoms with E-state index in [1.807, 2.05) is 0 Å². The summed E-state index contributed by atoms with van der Waals surface area (Å²) in [5.41, 5.74) is 5.44. The second-order valence-corrected chi connectivity index (χ2v) is 8.45. The molecule has 0 aromatic carbocycles. The summed E-state index contributed by atoms with van der Waals surface area (Å²) >= 11 is 0. The van der Waals surface area contributed by atoms with Gasteiger partial charge in [0.15, 0.2) is 0 Å². The van der Waals surface area contributed by atoms with E-state index in [4.69, 9.17) is 10.8 Å². The fourth-order valence-corrected chi connectivity index (χ4v) is 3.53. The summed E-state index contributed by atoms with van der Waals surface area (Å²) in [5.74, 6) is -0.848. The lowest BCUT2D eigenvalue weighted by atomic mass is 10.0. The summed E-state index contributed by atoms with van der Waals surface area (Å²) in [6.07, 6.45) is 25.1. The van der Waals surface area contributed by atoms with E-state index in [0.717, 1.165) is 32.1 Å². The van der Waals surface area contributed by atoms with Crippen LogP contribution in [0.4, 0.5) is 0 Å². The lowest BCUT2D eigenvalue weighted by molar-refractivity contribution is -0.138. The molecule has 0 bridgehead atoms. The van der Waals surface area contributed by atoms with E-state index >= 15 is 0 Å². The fourth-order valence-electron chi connectivity index (χ4n) is 3.53. The van der Waals surface area contributed by atoms with Gasteiger partial charge in [-0.25, -0.2) is 0 Å². The number of carbonyl (C=O) groups is 2. The third-order valence-corrected chi connectivity index (χ3v) is 5.51.